The number of rotatable bonds is 4. The van der Waals surface area contributed by atoms with Crippen molar-refractivity contribution < 1.29 is 27.4 Å². The number of hydrogen-bond donors (Lipinski definition) is 0. The van der Waals surface area contributed by atoms with Crippen LogP contribution in [0.1, 0.15) is 0 Å². The predicted octanol–water partition coefficient (Wildman–Crippen LogP) is 3.87. The molecule has 0 saturated heterocycles. The summed E-state index contributed by atoms with van der Waals surface area (Å²) in [4.78, 5) is 11.0. The molecule has 0 amide bonds. The van der Waals surface area contributed by atoms with Crippen molar-refractivity contribution in [1.82, 2.24) is 0 Å². The Morgan fingerprint density at radius 3 is 2.36 bits per heavy atom. The van der Waals surface area contributed by atoms with E-state index in [0.717, 1.165) is 24.3 Å². The fourth-order valence-corrected chi connectivity index (χ4v) is 1.81. The van der Waals surface area contributed by atoms with Crippen LogP contribution in [0.2, 0.25) is 0 Å². The minimum atomic E-state index is -1.39. The summed E-state index contributed by atoms with van der Waals surface area (Å²) in [6, 6.07) is 5.90. The van der Waals surface area contributed by atoms with E-state index in [1.54, 1.807) is 0 Å². The van der Waals surface area contributed by atoms with Gasteiger partial charge in [0.15, 0.2) is 11.6 Å². The zero-order valence-electron chi connectivity index (χ0n) is 11.5. The molecule has 0 N–H and O–H groups in total. The quantitative estimate of drug-likeness (QED) is 0.488. The summed E-state index contributed by atoms with van der Waals surface area (Å²) >= 11 is 0. The maximum atomic E-state index is 14.1. The standard InChI is InChI=1S/C16H11F3O3/c1-3-14(20)22-13-7-6-11(15(18)16(13)19)10-5-4-9(21-2)8-12(10)17/h3-8H,1H2,2H3. The van der Waals surface area contributed by atoms with Gasteiger partial charge in [-0.15, -0.1) is 0 Å². The minimum Gasteiger partial charge on any atom is -0.497 e. The number of hydrogen-bond acceptors (Lipinski definition) is 3. The molecule has 22 heavy (non-hydrogen) atoms. The number of methoxy groups -OCH3 is 1. The van der Waals surface area contributed by atoms with Gasteiger partial charge >= 0.3 is 5.97 Å². The van der Waals surface area contributed by atoms with Gasteiger partial charge in [0.05, 0.1) is 7.11 Å². The second-order valence-corrected chi connectivity index (χ2v) is 4.21. The van der Waals surface area contributed by atoms with Crippen molar-refractivity contribution in [3.8, 4) is 22.6 Å². The summed E-state index contributed by atoms with van der Waals surface area (Å²) in [5, 5.41) is 0. The van der Waals surface area contributed by atoms with E-state index in [2.05, 4.69) is 11.3 Å². The lowest BCUT2D eigenvalue weighted by atomic mass is 10.0. The van der Waals surface area contributed by atoms with Crippen molar-refractivity contribution in [3.63, 3.8) is 0 Å². The van der Waals surface area contributed by atoms with E-state index in [1.807, 2.05) is 0 Å². The van der Waals surface area contributed by atoms with Crippen LogP contribution in [0.15, 0.2) is 43.0 Å². The number of benzene rings is 2. The largest absolute Gasteiger partial charge is 0.497 e. The Hall–Kier alpha value is -2.76. The van der Waals surface area contributed by atoms with Crippen molar-refractivity contribution in [2.45, 2.75) is 0 Å². The Morgan fingerprint density at radius 1 is 1.09 bits per heavy atom. The summed E-state index contributed by atoms with van der Waals surface area (Å²) in [6.07, 6.45) is 0.814. The number of carbonyl (C=O) groups excluding carboxylic acids is 1. The smallest absolute Gasteiger partial charge is 0.335 e. The first-order valence-electron chi connectivity index (χ1n) is 6.14. The molecular formula is C16H11F3O3. The molecular weight excluding hydrogens is 297 g/mol. The first kappa shape index (κ1) is 15.6. The van der Waals surface area contributed by atoms with Gasteiger partial charge in [-0.05, 0) is 24.3 Å². The lowest BCUT2D eigenvalue weighted by molar-refractivity contribution is -0.129. The molecule has 114 valence electrons. The molecule has 0 aliphatic carbocycles. The fraction of sp³-hybridized carbons (Fsp3) is 0.0625. The first-order valence-corrected chi connectivity index (χ1v) is 6.14. The van der Waals surface area contributed by atoms with Gasteiger partial charge < -0.3 is 9.47 Å². The summed E-state index contributed by atoms with van der Waals surface area (Å²) in [5.74, 6) is -4.75. The maximum absolute atomic E-state index is 14.1. The number of carbonyl (C=O) groups is 1. The maximum Gasteiger partial charge on any atom is 0.335 e. The number of halogens is 3. The SMILES string of the molecule is C=CC(=O)Oc1ccc(-c2ccc(OC)cc2F)c(F)c1F. The van der Waals surface area contributed by atoms with Gasteiger partial charge in [0, 0.05) is 23.3 Å². The third kappa shape index (κ3) is 2.95. The highest BCUT2D eigenvalue weighted by Crippen LogP contribution is 2.32. The molecule has 0 unspecified atom stereocenters. The van der Waals surface area contributed by atoms with Gasteiger partial charge in [-0.3, -0.25) is 0 Å². The third-order valence-electron chi connectivity index (χ3n) is 2.89. The van der Waals surface area contributed by atoms with Gasteiger partial charge in [0.25, 0.3) is 0 Å². The van der Waals surface area contributed by atoms with E-state index in [1.165, 1.54) is 19.2 Å². The monoisotopic (exact) mass is 308 g/mol. The van der Waals surface area contributed by atoms with Crippen LogP contribution >= 0.6 is 0 Å². The topological polar surface area (TPSA) is 35.5 Å². The zero-order chi connectivity index (χ0) is 16.3. The highest BCUT2D eigenvalue weighted by molar-refractivity contribution is 5.83. The molecule has 3 nitrogen and oxygen atoms in total. The molecule has 0 aliphatic rings. The molecule has 2 aromatic carbocycles. The minimum absolute atomic E-state index is 0.140. The molecule has 0 aliphatic heterocycles. The second-order valence-electron chi connectivity index (χ2n) is 4.21. The summed E-state index contributed by atoms with van der Waals surface area (Å²) in [7, 11) is 1.36. The van der Waals surface area contributed by atoms with Crippen molar-refractivity contribution in [1.29, 1.82) is 0 Å². The van der Waals surface area contributed by atoms with E-state index >= 15 is 0 Å². The van der Waals surface area contributed by atoms with Crippen LogP contribution in [0.5, 0.6) is 11.5 Å². The molecule has 0 radical (unpaired) electrons. The molecule has 0 bridgehead atoms. The highest BCUT2D eigenvalue weighted by atomic mass is 19.2. The third-order valence-corrected chi connectivity index (χ3v) is 2.89. The Labute approximate surface area is 124 Å². The van der Waals surface area contributed by atoms with Crippen molar-refractivity contribution in [2.75, 3.05) is 7.11 Å². The van der Waals surface area contributed by atoms with Crippen LogP contribution < -0.4 is 9.47 Å². The average Bonchev–Trinajstić information content (AvgIpc) is 2.52. The van der Waals surface area contributed by atoms with Gasteiger partial charge in [-0.25, -0.2) is 13.6 Å². The number of esters is 1. The van der Waals surface area contributed by atoms with Gasteiger partial charge in [-0.2, -0.15) is 4.39 Å². The van der Waals surface area contributed by atoms with Crippen LogP contribution in [-0.2, 0) is 4.79 Å². The van der Waals surface area contributed by atoms with Crippen LogP contribution in [-0.4, -0.2) is 13.1 Å². The van der Waals surface area contributed by atoms with Crippen LogP contribution in [0.3, 0.4) is 0 Å². The Kier molecular flexibility index (Phi) is 4.50. The van der Waals surface area contributed by atoms with E-state index in [-0.39, 0.29) is 16.9 Å². The highest BCUT2D eigenvalue weighted by Gasteiger charge is 2.19. The van der Waals surface area contributed by atoms with Crippen LogP contribution in [0, 0.1) is 17.5 Å². The van der Waals surface area contributed by atoms with Crippen molar-refractivity contribution >= 4 is 5.97 Å². The first-order chi connectivity index (χ1) is 10.5. The molecule has 0 aromatic heterocycles. The molecule has 0 heterocycles. The molecule has 0 fully saturated rings. The second kappa shape index (κ2) is 6.34. The van der Waals surface area contributed by atoms with E-state index in [4.69, 9.17) is 4.74 Å². The van der Waals surface area contributed by atoms with Crippen LogP contribution in [0.25, 0.3) is 11.1 Å². The van der Waals surface area contributed by atoms with Gasteiger partial charge in [0.2, 0.25) is 5.82 Å². The summed E-state index contributed by atoms with van der Waals surface area (Å²) < 4.78 is 51.3. The summed E-state index contributed by atoms with van der Waals surface area (Å²) in [5.41, 5.74) is -0.435. The van der Waals surface area contributed by atoms with Gasteiger partial charge in [0.1, 0.15) is 11.6 Å². The van der Waals surface area contributed by atoms with Crippen LogP contribution in [0.4, 0.5) is 13.2 Å². The molecule has 0 atom stereocenters. The van der Waals surface area contributed by atoms with E-state index < -0.39 is 29.2 Å². The van der Waals surface area contributed by atoms with E-state index in [9.17, 15) is 18.0 Å². The Bertz CT molecular complexity index is 742. The number of ether oxygens (including phenoxy) is 2. The normalized spacial score (nSPS) is 10.2. The lowest BCUT2D eigenvalue weighted by Crippen LogP contribution is -2.06. The average molecular weight is 308 g/mol. The van der Waals surface area contributed by atoms with Gasteiger partial charge in [-0.1, -0.05) is 6.58 Å². The lowest BCUT2D eigenvalue weighted by Gasteiger charge is -2.10. The molecule has 0 spiro atoms. The Balaban J connectivity index is 2.47. The molecule has 2 rings (SSSR count). The van der Waals surface area contributed by atoms with Crippen molar-refractivity contribution in [3.05, 3.63) is 60.4 Å². The molecule has 6 heteroatoms. The van der Waals surface area contributed by atoms with Crippen molar-refractivity contribution in [2.24, 2.45) is 0 Å². The predicted molar refractivity (Wildman–Crippen MR) is 74.1 cm³/mol. The van der Waals surface area contributed by atoms with E-state index in [0.29, 0.717) is 0 Å². The molecule has 2 aromatic rings. The zero-order valence-corrected chi connectivity index (χ0v) is 11.5. The fourth-order valence-electron chi connectivity index (χ4n) is 1.81. The molecule has 0 saturated carbocycles. The summed E-state index contributed by atoms with van der Waals surface area (Å²) in [6.45, 7) is 3.15. The Morgan fingerprint density at radius 2 is 1.77 bits per heavy atom.